The molecule has 0 saturated carbocycles. The van der Waals surface area contributed by atoms with Crippen LogP contribution in [-0.4, -0.2) is 95.8 Å². The van der Waals surface area contributed by atoms with Crippen LogP contribution in [0.15, 0.2) is 0 Å². The molecule has 2 saturated heterocycles. The van der Waals surface area contributed by atoms with Crippen LogP contribution in [0.1, 0.15) is 90.0 Å². The van der Waals surface area contributed by atoms with Crippen LogP contribution >= 0.6 is 15.9 Å². The number of carbonyl (C=O) groups excluding carboxylic acids is 2. The molecule has 2 aliphatic rings. The second-order valence-corrected chi connectivity index (χ2v) is 26.6. The van der Waals surface area contributed by atoms with Gasteiger partial charge in [-0.2, -0.15) is 0 Å². The van der Waals surface area contributed by atoms with E-state index in [1.165, 1.54) is 0 Å². The van der Waals surface area contributed by atoms with Crippen molar-refractivity contribution < 1.29 is 82.7 Å². The van der Waals surface area contributed by atoms with Crippen LogP contribution < -0.4 is 35.8 Å². The van der Waals surface area contributed by atoms with Crippen LogP contribution in [0.3, 0.4) is 0 Å². The molecule has 15 heteroatoms. The summed E-state index contributed by atoms with van der Waals surface area (Å²) in [5.74, 6) is -2.28. The van der Waals surface area contributed by atoms with Crippen molar-refractivity contribution >= 4 is 44.5 Å². The van der Waals surface area contributed by atoms with Crippen LogP contribution in [0.4, 0.5) is 0 Å². The second-order valence-electron chi connectivity index (χ2n) is 16.1. The number of hydrogen-bond donors (Lipinski definition) is 0. The summed E-state index contributed by atoms with van der Waals surface area (Å²) >= 11 is 3.46. The van der Waals surface area contributed by atoms with Crippen molar-refractivity contribution in [3.8, 4) is 0 Å². The standard InChI is InChI=1S/C17H34O5Si.C16H31BrO5Si.BrH.Li/c1-10-19-15(18)12(2)14(13-11-20-17(6,7)21-13)22-23(8,9)16(3,4)5;1-9-19-14(18)12(17)13(11-10-20-16(5,6)21-11)22-23(7,8)15(2,3)4;;/h12-14H,10-11H2,1-9H3;11-13H,9-10H2,1-8H3;1H;/q;;;+1/p-1/t12-,13+,14-;11-,12?,13-;;/m01../s1. The minimum Gasteiger partial charge on any atom is -1.00 e. The fraction of sp³-hybridized carbons (Fsp3) is 0.939. The minimum atomic E-state index is -2.09. The Balaban J connectivity index is 0. The van der Waals surface area contributed by atoms with Crippen molar-refractivity contribution in [2.24, 2.45) is 5.92 Å². The van der Waals surface area contributed by atoms with Gasteiger partial charge < -0.3 is 54.3 Å². The SMILES string of the molecule is CCOC(=O)C(Br)[C@H](O[Si](C)(C)C(C)(C)C)[C@H]1COC(C)(C)O1.CCOC(=O)[C@@H](C)[C@H](O[Si](C)(C)C(C)(C)C)[C@H]1COC(C)(C)O1.[Br-].[Li+]. The monoisotopic (exact) mass is 842 g/mol. The summed E-state index contributed by atoms with van der Waals surface area (Å²) in [5, 5.41) is 0.0796. The number of ether oxygens (including phenoxy) is 6. The van der Waals surface area contributed by atoms with Gasteiger partial charge in [0, 0.05) is 0 Å². The maximum atomic E-state index is 12.3. The van der Waals surface area contributed by atoms with E-state index in [1.807, 2.05) is 41.5 Å². The summed E-state index contributed by atoms with van der Waals surface area (Å²) in [6.45, 7) is 36.2. The molecule has 280 valence electrons. The predicted octanol–water partition coefficient (Wildman–Crippen LogP) is 1.59. The first-order valence-electron chi connectivity index (χ1n) is 16.6. The van der Waals surface area contributed by atoms with E-state index in [4.69, 9.17) is 37.3 Å². The molecule has 2 rings (SSSR count). The molecule has 1 unspecified atom stereocenters. The van der Waals surface area contributed by atoms with Gasteiger partial charge in [-0.15, -0.1) is 0 Å². The van der Waals surface area contributed by atoms with Gasteiger partial charge in [0.15, 0.2) is 28.2 Å². The van der Waals surface area contributed by atoms with E-state index in [1.54, 1.807) is 6.92 Å². The first-order valence-corrected chi connectivity index (χ1v) is 23.3. The van der Waals surface area contributed by atoms with E-state index in [0.29, 0.717) is 26.4 Å². The van der Waals surface area contributed by atoms with Crippen LogP contribution in [0, 0.1) is 5.92 Å². The number of rotatable bonds is 12. The van der Waals surface area contributed by atoms with E-state index >= 15 is 0 Å². The molecule has 0 bridgehead atoms. The number of carbonyl (C=O) groups is 2. The summed E-state index contributed by atoms with van der Waals surface area (Å²) in [6, 6.07) is 0. The van der Waals surface area contributed by atoms with Crippen LogP contribution in [0.5, 0.6) is 0 Å². The second kappa shape index (κ2) is 19.7. The summed E-state index contributed by atoms with van der Waals surface area (Å²) in [7, 11) is -4.14. The number of hydrogen-bond acceptors (Lipinski definition) is 10. The molecule has 0 aromatic heterocycles. The molecule has 0 aliphatic carbocycles. The topological polar surface area (TPSA) is 108 Å². The maximum absolute atomic E-state index is 12.3. The molecule has 2 heterocycles. The first-order chi connectivity index (χ1) is 20.6. The molecule has 6 atom stereocenters. The Labute approximate surface area is 324 Å². The minimum absolute atomic E-state index is 0. The molecule has 48 heavy (non-hydrogen) atoms. The van der Waals surface area contributed by atoms with Crippen molar-refractivity contribution in [3.63, 3.8) is 0 Å². The van der Waals surface area contributed by atoms with Gasteiger partial charge in [0.25, 0.3) is 0 Å². The Morgan fingerprint density at radius 3 is 1.40 bits per heavy atom. The Morgan fingerprint density at radius 1 is 0.750 bits per heavy atom. The van der Waals surface area contributed by atoms with E-state index < -0.39 is 45.1 Å². The third-order valence-corrected chi connectivity index (χ3v) is 19.1. The molecule has 0 aromatic rings. The quantitative estimate of drug-likeness (QED) is 0.164. The maximum Gasteiger partial charge on any atom is 1.00 e. The zero-order chi connectivity index (χ0) is 36.1. The predicted molar refractivity (Wildman–Crippen MR) is 189 cm³/mol. The number of esters is 2. The molecule has 0 amide bonds. The van der Waals surface area contributed by atoms with Gasteiger partial charge in [0.1, 0.15) is 17.0 Å². The van der Waals surface area contributed by atoms with Gasteiger partial charge in [-0.1, -0.05) is 57.5 Å². The van der Waals surface area contributed by atoms with Crippen molar-refractivity contribution in [2.45, 2.75) is 167 Å². The van der Waals surface area contributed by atoms with Gasteiger partial charge in [-0.05, 0) is 84.7 Å². The molecule has 0 radical (unpaired) electrons. The van der Waals surface area contributed by atoms with Crippen LogP contribution in [-0.2, 0) is 46.9 Å². The third kappa shape index (κ3) is 15.0. The Hall–Kier alpha value is 0.691. The summed E-state index contributed by atoms with van der Waals surface area (Å²) < 4.78 is 46.7. The van der Waals surface area contributed by atoms with Gasteiger partial charge in [0.05, 0.1) is 44.6 Å². The van der Waals surface area contributed by atoms with E-state index in [0.717, 1.165) is 0 Å². The summed E-state index contributed by atoms with van der Waals surface area (Å²) in [4.78, 5) is 23.9. The summed E-state index contributed by atoms with van der Waals surface area (Å²) in [5.41, 5.74) is 0. The number of halogens is 2. The van der Waals surface area contributed by atoms with Crippen molar-refractivity contribution in [3.05, 3.63) is 0 Å². The van der Waals surface area contributed by atoms with Crippen molar-refractivity contribution in [1.29, 1.82) is 0 Å². The van der Waals surface area contributed by atoms with Gasteiger partial charge in [-0.3, -0.25) is 9.59 Å². The molecule has 2 fully saturated rings. The first kappa shape index (κ1) is 50.8. The largest absolute Gasteiger partial charge is 1.00 e. The van der Waals surface area contributed by atoms with E-state index in [2.05, 4.69) is 83.7 Å². The zero-order valence-corrected chi connectivity index (χ0v) is 38.3. The average molecular weight is 845 g/mol. The van der Waals surface area contributed by atoms with Crippen molar-refractivity contribution in [2.75, 3.05) is 26.4 Å². The van der Waals surface area contributed by atoms with E-state index in [-0.39, 0.29) is 76.2 Å². The molecule has 10 nitrogen and oxygen atoms in total. The molecular weight excluding hydrogens is 779 g/mol. The van der Waals surface area contributed by atoms with Gasteiger partial charge in [-0.25, -0.2) is 0 Å². The Kier molecular flexibility index (Phi) is 20.8. The zero-order valence-electron chi connectivity index (χ0n) is 33.1. The Bertz CT molecular complexity index is 924. The smallest absolute Gasteiger partial charge is 1.00 e. The normalized spacial score (nSPS) is 23.3. The third-order valence-electron chi connectivity index (χ3n) is 9.22. The molecule has 2 aliphatic heterocycles. The van der Waals surface area contributed by atoms with Gasteiger partial charge in [0.2, 0.25) is 0 Å². The van der Waals surface area contributed by atoms with Crippen LogP contribution in [0.25, 0.3) is 0 Å². The molecule has 0 aromatic carbocycles. The molecular formula is C33H65Br2LiO10Si2. The number of alkyl halides is 1. The fourth-order valence-corrected chi connectivity index (χ4v) is 7.87. The molecule has 0 N–H and O–H groups in total. The van der Waals surface area contributed by atoms with Crippen LogP contribution in [0.2, 0.25) is 36.3 Å². The fourth-order valence-electron chi connectivity index (χ4n) is 4.38. The molecule has 0 spiro atoms. The summed E-state index contributed by atoms with van der Waals surface area (Å²) in [6.07, 6.45) is -1.39. The Morgan fingerprint density at radius 2 is 1.08 bits per heavy atom. The van der Waals surface area contributed by atoms with Crippen molar-refractivity contribution in [1.82, 2.24) is 0 Å². The van der Waals surface area contributed by atoms with E-state index in [9.17, 15) is 9.59 Å². The van der Waals surface area contributed by atoms with Gasteiger partial charge >= 0.3 is 30.8 Å². The average Bonchev–Trinajstić information content (AvgIpc) is 3.44.